The lowest BCUT2D eigenvalue weighted by Gasteiger charge is -2.42. The Kier molecular flexibility index (Phi) is 10.3. The number of benzene rings is 1. The number of amides is 3. The predicted molar refractivity (Wildman–Crippen MR) is 224 cm³/mol. The van der Waals surface area contributed by atoms with Crippen LogP contribution in [0.1, 0.15) is 69.5 Å². The Hall–Kier alpha value is -6.92. The maximum Gasteiger partial charge on any atom is 0.329 e. The average molecular weight is 807 g/mol. The number of nitrogens with one attached hydrogen (secondary N) is 2. The second-order valence-corrected chi connectivity index (χ2v) is 16.2. The third kappa shape index (κ3) is 7.46. The van der Waals surface area contributed by atoms with E-state index in [4.69, 9.17) is 0 Å². The molecule has 18 nitrogen and oxygen atoms in total. The average Bonchev–Trinajstić information content (AvgIpc) is 4.00. The summed E-state index contributed by atoms with van der Waals surface area (Å²) < 4.78 is 5.16. The third-order valence-electron chi connectivity index (χ3n) is 12.2. The molecule has 2 aliphatic heterocycles. The number of carbonyl (C=O) groups is 2. The minimum absolute atomic E-state index is 0.259. The predicted octanol–water partition coefficient (Wildman–Crippen LogP) is 4.80. The molecule has 306 valence electrons. The highest BCUT2D eigenvalue weighted by Gasteiger charge is 2.30. The monoisotopic (exact) mass is 806 g/mol. The van der Waals surface area contributed by atoms with Crippen LogP contribution in [0.15, 0.2) is 55.1 Å². The van der Waals surface area contributed by atoms with E-state index >= 15 is 0 Å². The SMILES string of the molecule is C[C@H](C#N)Nc1cc(-n2ncc3cc(C#N)cnc32)ncc1-n1cc(C2CCC(CCN3CCN(c4ccc5c(N6CCC(=O)NC6=O)nn(C)c5c4)[C@H](C)C3)CC2)nn1. The first-order valence-corrected chi connectivity index (χ1v) is 20.6. The van der Waals surface area contributed by atoms with Gasteiger partial charge in [0.25, 0.3) is 0 Å². The number of fused-ring (bicyclic) bond motifs is 2. The first-order chi connectivity index (χ1) is 29.1. The Morgan fingerprint density at radius 3 is 2.65 bits per heavy atom. The van der Waals surface area contributed by atoms with Gasteiger partial charge in [-0.15, -0.1) is 5.10 Å². The van der Waals surface area contributed by atoms with E-state index in [1.165, 1.54) is 12.6 Å². The summed E-state index contributed by atoms with van der Waals surface area (Å²) >= 11 is 0. The van der Waals surface area contributed by atoms with Crippen molar-refractivity contribution in [3.05, 3.63) is 66.4 Å². The molecule has 18 heteroatoms. The number of aryl methyl sites for hydroxylation is 1. The first-order valence-electron chi connectivity index (χ1n) is 20.6. The highest BCUT2D eigenvalue weighted by molar-refractivity contribution is 6.09. The van der Waals surface area contributed by atoms with E-state index in [9.17, 15) is 20.1 Å². The molecule has 9 rings (SSSR count). The number of anilines is 3. The summed E-state index contributed by atoms with van der Waals surface area (Å²) in [5.41, 5.74) is 5.43. The van der Waals surface area contributed by atoms with Crippen LogP contribution in [0.3, 0.4) is 0 Å². The molecular weight excluding hydrogens is 761 g/mol. The van der Waals surface area contributed by atoms with Crippen molar-refractivity contribution >= 4 is 51.1 Å². The van der Waals surface area contributed by atoms with E-state index in [2.05, 4.69) is 82.1 Å². The van der Waals surface area contributed by atoms with Gasteiger partial charge in [-0.05, 0) is 82.7 Å². The molecule has 7 heterocycles. The molecule has 2 saturated heterocycles. The second-order valence-electron chi connectivity index (χ2n) is 16.2. The number of pyridine rings is 2. The number of nitriles is 2. The molecule has 3 aliphatic rings. The van der Waals surface area contributed by atoms with Crippen molar-refractivity contribution in [1.82, 2.24) is 54.7 Å². The molecule has 1 aliphatic carbocycles. The number of aromatic nitrogens is 9. The van der Waals surface area contributed by atoms with Gasteiger partial charge in [-0.1, -0.05) is 5.21 Å². The van der Waals surface area contributed by atoms with Crippen LogP contribution in [0.2, 0.25) is 0 Å². The number of hydrogen-bond acceptors (Lipinski definition) is 13. The van der Waals surface area contributed by atoms with Crippen LogP contribution in [0.25, 0.3) is 33.4 Å². The first kappa shape index (κ1) is 38.6. The Morgan fingerprint density at radius 2 is 1.87 bits per heavy atom. The second kappa shape index (κ2) is 16.0. The Balaban J connectivity index is 0.795. The van der Waals surface area contributed by atoms with E-state index in [0.29, 0.717) is 58.6 Å². The largest absolute Gasteiger partial charge is 0.368 e. The maximum atomic E-state index is 12.5. The van der Waals surface area contributed by atoms with Gasteiger partial charge in [0.15, 0.2) is 17.3 Å². The molecule has 1 saturated carbocycles. The van der Waals surface area contributed by atoms with Crippen molar-refractivity contribution in [3.8, 4) is 23.6 Å². The van der Waals surface area contributed by atoms with E-state index in [1.54, 1.807) is 39.6 Å². The molecule has 3 amide bonds. The van der Waals surface area contributed by atoms with Gasteiger partial charge in [-0.3, -0.25) is 24.6 Å². The zero-order valence-corrected chi connectivity index (χ0v) is 33.9. The summed E-state index contributed by atoms with van der Waals surface area (Å²) in [4.78, 5) is 40.0. The van der Waals surface area contributed by atoms with E-state index in [1.807, 2.05) is 30.1 Å². The molecule has 3 fully saturated rings. The summed E-state index contributed by atoms with van der Waals surface area (Å²) in [7, 11) is 1.89. The maximum absolute atomic E-state index is 12.5. The summed E-state index contributed by atoms with van der Waals surface area (Å²) in [6, 6.07) is 13.7. The van der Waals surface area contributed by atoms with Crippen LogP contribution in [-0.4, -0.2) is 106 Å². The van der Waals surface area contributed by atoms with Crippen LogP contribution >= 0.6 is 0 Å². The van der Waals surface area contributed by atoms with Crippen LogP contribution in [-0.2, 0) is 11.8 Å². The molecule has 0 bridgehead atoms. The fraction of sp³-hybridized carbons (Fsp3) is 0.429. The molecule has 0 radical (unpaired) electrons. The molecule has 2 N–H and O–H groups in total. The Morgan fingerprint density at radius 1 is 1.02 bits per heavy atom. The highest BCUT2D eigenvalue weighted by atomic mass is 16.2. The highest BCUT2D eigenvalue weighted by Crippen LogP contribution is 2.37. The van der Waals surface area contributed by atoms with Crippen LogP contribution in [0.4, 0.5) is 22.0 Å². The lowest BCUT2D eigenvalue weighted by molar-refractivity contribution is -0.120. The zero-order chi connectivity index (χ0) is 41.5. The van der Waals surface area contributed by atoms with Crippen LogP contribution in [0, 0.1) is 28.6 Å². The molecule has 6 aromatic rings. The smallest absolute Gasteiger partial charge is 0.329 e. The lowest BCUT2D eigenvalue weighted by Crippen LogP contribution is -2.52. The number of hydrogen-bond donors (Lipinski definition) is 2. The number of carbonyl (C=O) groups excluding carboxylic acids is 2. The van der Waals surface area contributed by atoms with Gasteiger partial charge in [-0.2, -0.15) is 25.4 Å². The molecule has 1 aromatic carbocycles. The van der Waals surface area contributed by atoms with E-state index < -0.39 is 12.1 Å². The minimum atomic E-state index is -0.472. The van der Waals surface area contributed by atoms with E-state index in [-0.39, 0.29) is 12.3 Å². The summed E-state index contributed by atoms with van der Waals surface area (Å²) in [6.45, 7) is 8.40. The molecule has 2 atom stereocenters. The number of imide groups is 1. The normalized spacial score (nSPS) is 20.6. The van der Waals surface area contributed by atoms with Crippen molar-refractivity contribution in [1.29, 1.82) is 10.5 Å². The fourth-order valence-electron chi connectivity index (χ4n) is 8.95. The van der Waals surface area contributed by atoms with Crippen LogP contribution in [0.5, 0.6) is 0 Å². The number of urea groups is 1. The standard InChI is InChI=1S/C42H46N16O2/c1-26(19-43)48-34-18-38(58-40-31(22-47-58)16-29(20-44)21-46-40)45-23-37(34)57-25-35(50-52-57)30-6-4-28(5-7-30)10-12-54-14-15-55(27(2)24-54)32-8-9-33-36(17-32)53(3)51-41(33)56-13-11-39(59)49-42(56)60/h8-9,16-18,21-23,25-28,30H,4-7,10-15,24H2,1-3H3,(H,45,48)(H,49,59,60)/t26-,27-,28?,30?/m1/s1. The van der Waals surface area contributed by atoms with Crippen LogP contribution < -0.4 is 20.4 Å². The van der Waals surface area contributed by atoms with Gasteiger partial charge >= 0.3 is 6.03 Å². The summed E-state index contributed by atoms with van der Waals surface area (Å²) in [6.07, 6.45) is 12.7. The van der Waals surface area contributed by atoms with Gasteiger partial charge in [0.1, 0.15) is 17.8 Å². The number of piperazine rings is 1. The van der Waals surface area contributed by atoms with Gasteiger partial charge in [-0.25, -0.2) is 19.4 Å². The quantitative estimate of drug-likeness (QED) is 0.191. The topological polar surface area (TPSA) is 208 Å². The Labute approximate surface area is 346 Å². The van der Waals surface area contributed by atoms with Crippen molar-refractivity contribution in [3.63, 3.8) is 0 Å². The van der Waals surface area contributed by atoms with Crippen molar-refractivity contribution in [2.24, 2.45) is 13.0 Å². The molecule has 0 spiro atoms. The zero-order valence-electron chi connectivity index (χ0n) is 33.9. The molecular formula is C42H46N16O2. The summed E-state index contributed by atoms with van der Waals surface area (Å²) in [5.74, 6) is 1.83. The number of nitrogens with zero attached hydrogens (tertiary/aromatic N) is 14. The van der Waals surface area contributed by atoms with E-state index in [0.717, 1.165) is 79.5 Å². The molecule has 0 unspecified atom stereocenters. The molecule has 60 heavy (non-hydrogen) atoms. The number of rotatable bonds is 10. The van der Waals surface area contributed by atoms with Gasteiger partial charge < -0.3 is 10.2 Å². The lowest BCUT2D eigenvalue weighted by atomic mass is 9.79. The van der Waals surface area contributed by atoms with Gasteiger partial charge in [0, 0.05) is 80.3 Å². The fourth-order valence-corrected chi connectivity index (χ4v) is 8.95. The minimum Gasteiger partial charge on any atom is -0.368 e. The Bertz CT molecular complexity index is 2680. The third-order valence-corrected chi connectivity index (χ3v) is 12.2. The van der Waals surface area contributed by atoms with Crippen molar-refractivity contribution in [2.45, 2.75) is 70.4 Å². The van der Waals surface area contributed by atoms with Gasteiger partial charge in [0.05, 0.1) is 47.1 Å². The van der Waals surface area contributed by atoms with Crippen molar-refractivity contribution < 1.29 is 9.59 Å². The van der Waals surface area contributed by atoms with Crippen molar-refractivity contribution in [2.75, 3.05) is 47.8 Å². The van der Waals surface area contributed by atoms with Gasteiger partial charge in [0.2, 0.25) is 5.91 Å². The summed E-state index contributed by atoms with van der Waals surface area (Å²) in [5, 5.41) is 44.4. The molecule has 5 aromatic heterocycles.